The highest BCUT2D eigenvalue weighted by atomic mass is 19.3. The molecule has 1 saturated heterocycles. The molecular weight excluding hydrogens is 124 g/mol. The summed E-state index contributed by atoms with van der Waals surface area (Å²) in [6.07, 6.45) is -2.10. The second-order valence-electron chi connectivity index (χ2n) is 2.45. The number of nitrogens with zero attached hydrogens (tertiary/aromatic N) is 1. The molecule has 3 heteroatoms. The van der Waals surface area contributed by atoms with Crippen LogP contribution in [0.2, 0.25) is 0 Å². The van der Waals surface area contributed by atoms with Gasteiger partial charge in [0.25, 0.3) is 0 Å². The third kappa shape index (κ3) is 1.39. The molecule has 0 aromatic carbocycles. The molecule has 54 valence electrons. The minimum absolute atomic E-state index is 0.343. The zero-order valence-electron chi connectivity index (χ0n) is 5.48. The second kappa shape index (κ2) is 2.60. The molecule has 0 aromatic rings. The topological polar surface area (TPSA) is 3.24 Å². The van der Waals surface area contributed by atoms with Crippen LogP contribution in [-0.4, -0.2) is 31.0 Å². The molecule has 1 nitrogen and oxygen atoms in total. The van der Waals surface area contributed by atoms with E-state index in [1.807, 2.05) is 11.8 Å². The molecule has 0 unspecified atom stereocenters. The maximum Gasteiger partial charge on any atom is 0.243 e. The molecule has 1 fully saturated rings. The van der Waals surface area contributed by atoms with Crippen molar-refractivity contribution in [3.63, 3.8) is 0 Å². The number of rotatable bonds is 2. The lowest BCUT2D eigenvalue weighted by Gasteiger charge is -2.37. The van der Waals surface area contributed by atoms with E-state index < -0.39 is 6.43 Å². The molecule has 0 N–H and O–H groups in total. The summed E-state index contributed by atoms with van der Waals surface area (Å²) in [6, 6.07) is 0. The van der Waals surface area contributed by atoms with Crippen LogP contribution in [0.5, 0.6) is 0 Å². The lowest BCUT2D eigenvalue weighted by molar-refractivity contribution is -0.0214. The van der Waals surface area contributed by atoms with Gasteiger partial charge in [0.2, 0.25) is 6.43 Å². The molecule has 1 aliphatic heterocycles. The highest BCUT2D eigenvalue weighted by molar-refractivity contribution is 4.79. The van der Waals surface area contributed by atoms with Gasteiger partial charge >= 0.3 is 0 Å². The maximum absolute atomic E-state index is 11.8. The monoisotopic (exact) mass is 135 g/mol. The lowest BCUT2D eigenvalue weighted by atomic mass is 10.0. The average Bonchev–Trinajstić information content (AvgIpc) is 1.61. The summed E-state index contributed by atoms with van der Waals surface area (Å²) < 4.78 is 23.5. The largest absolute Gasteiger partial charge is 0.303 e. The van der Waals surface area contributed by atoms with Crippen LogP contribution in [0, 0.1) is 5.92 Å². The average molecular weight is 135 g/mol. The van der Waals surface area contributed by atoms with E-state index in [2.05, 4.69) is 0 Å². The smallest absolute Gasteiger partial charge is 0.243 e. The molecule has 1 rings (SSSR count). The van der Waals surface area contributed by atoms with Crippen molar-refractivity contribution in [2.24, 2.45) is 5.92 Å². The Morgan fingerprint density at radius 3 is 2.44 bits per heavy atom. The predicted octanol–water partition coefficient (Wildman–Crippen LogP) is 1.20. The fourth-order valence-corrected chi connectivity index (χ4v) is 1.03. The zero-order chi connectivity index (χ0) is 6.85. The molecule has 0 saturated carbocycles. The van der Waals surface area contributed by atoms with Gasteiger partial charge in [-0.2, -0.15) is 0 Å². The number of likely N-dealkylation sites (tertiary alicyclic amines) is 1. The molecule has 0 aliphatic carbocycles. The van der Waals surface area contributed by atoms with Crippen molar-refractivity contribution in [1.82, 2.24) is 4.90 Å². The minimum atomic E-state index is -2.10. The highest BCUT2D eigenvalue weighted by Crippen LogP contribution is 2.21. The van der Waals surface area contributed by atoms with E-state index in [4.69, 9.17) is 0 Å². The first-order valence-corrected chi connectivity index (χ1v) is 3.24. The Bertz CT molecular complexity index is 89.1. The molecule has 1 heterocycles. The molecular formula is C6H11F2N. The Kier molecular flexibility index (Phi) is 2.01. The normalized spacial score (nSPS) is 22.7. The third-order valence-electron chi connectivity index (χ3n) is 1.79. The van der Waals surface area contributed by atoms with Gasteiger partial charge in [0.15, 0.2) is 0 Å². The van der Waals surface area contributed by atoms with Gasteiger partial charge in [0.05, 0.1) is 0 Å². The molecule has 9 heavy (non-hydrogen) atoms. The summed E-state index contributed by atoms with van der Waals surface area (Å²) in [4.78, 5) is 2.01. The molecule has 0 bridgehead atoms. The van der Waals surface area contributed by atoms with Crippen LogP contribution in [0.4, 0.5) is 8.78 Å². The third-order valence-corrected chi connectivity index (χ3v) is 1.79. The van der Waals surface area contributed by atoms with Crippen LogP contribution >= 0.6 is 0 Å². The lowest BCUT2D eigenvalue weighted by Crippen LogP contribution is -2.49. The Morgan fingerprint density at radius 1 is 1.56 bits per heavy atom. The molecule has 1 aliphatic rings. The summed E-state index contributed by atoms with van der Waals surface area (Å²) >= 11 is 0. The van der Waals surface area contributed by atoms with Crippen LogP contribution in [0.1, 0.15) is 6.92 Å². The molecule has 0 amide bonds. The minimum Gasteiger partial charge on any atom is -0.303 e. The Balaban J connectivity index is 2.12. The van der Waals surface area contributed by atoms with E-state index in [9.17, 15) is 8.78 Å². The van der Waals surface area contributed by atoms with Crippen molar-refractivity contribution in [3.8, 4) is 0 Å². The molecule has 0 radical (unpaired) electrons. The summed E-state index contributed by atoms with van der Waals surface area (Å²) in [6.45, 7) is 4.08. The predicted molar refractivity (Wildman–Crippen MR) is 31.6 cm³/mol. The SMILES string of the molecule is CCN1CC(C(F)F)C1. The van der Waals surface area contributed by atoms with Crippen LogP contribution in [0.3, 0.4) is 0 Å². The van der Waals surface area contributed by atoms with Gasteiger partial charge in [-0.1, -0.05) is 6.92 Å². The van der Waals surface area contributed by atoms with Crippen molar-refractivity contribution in [2.75, 3.05) is 19.6 Å². The van der Waals surface area contributed by atoms with Crippen molar-refractivity contribution in [2.45, 2.75) is 13.3 Å². The van der Waals surface area contributed by atoms with Crippen LogP contribution in [0.25, 0.3) is 0 Å². The van der Waals surface area contributed by atoms with E-state index in [-0.39, 0.29) is 5.92 Å². The van der Waals surface area contributed by atoms with E-state index in [0.717, 1.165) is 6.54 Å². The number of hydrogen-bond acceptors (Lipinski definition) is 1. The molecule has 0 atom stereocenters. The first kappa shape index (κ1) is 6.93. The van der Waals surface area contributed by atoms with Crippen molar-refractivity contribution >= 4 is 0 Å². The van der Waals surface area contributed by atoms with Gasteiger partial charge in [0, 0.05) is 19.0 Å². The van der Waals surface area contributed by atoms with Crippen molar-refractivity contribution in [3.05, 3.63) is 0 Å². The van der Waals surface area contributed by atoms with Gasteiger partial charge in [-0.25, -0.2) is 8.78 Å². The van der Waals surface area contributed by atoms with E-state index in [1.165, 1.54) is 0 Å². The van der Waals surface area contributed by atoms with Gasteiger partial charge in [0.1, 0.15) is 0 Å². The fraction of sp³-hybridized carbons (Fsp3) is 1.00. The van der Waals surface area contributed by atoms with Crippen LogP contribution < -0.4 is 0 Å². The standard InChI is InChI=1S/C6H11F2N/c1-2-9-3-5(4-9)6(7)8/h5-6H,2-4H2,1H3. The van der Waals surface area contributed by atoms with Crippen LogP contribution in [0.15, 0.2) is 0 Å². The summed E-state index contributed by atoms with van der Waals surface area (Å²) in [7, 11) is 0. The highest BCUT2D eigenvalue weighted by Gasteiger charge is 2.32. The van der Waals surface area contributed by atoms with Crippen molar-refractivity contribution < 1.29 is 8.78 Å². The van der Waals surface area contributed by atoms with Gasteiger partial charge in [-0.3, -0.25) is 0 Å². The van der Waals surface area contributed by atoms with Crippen LogP contribution in [-0.2, 0) is 0 Å². The van der Waals surface area contributed by atoms with E-state index in [1.54, 1.807) is 0 Å². The first-order chi connectivity index (χ1) is 4.24. The van der Waals surface area contributed by atoms with E-state index in [0.29, 0.717) is 13.1 Å². The summed E-state index contributed by atoms with van der Waals surface area (Å²) in [5.74, 6) is -0.343. The Hall–Kier alpha value is -0.180. The number of hydrogen-bond donors (Lipinski definition) is 0. The number of alkyl halides is 2. The zero-order valence-corrected chi connectivity index (χ0v) is 5.48. The van der Waals surface area contributed by atoms with Gasteiger partial charge < -0.3 is 4.90 Å². The van der Waals surface area contributed by atoms with Crippen molar-refractivity contribution in [1.29, 1.82) is 0 Å². The first-order valence-electron chi connectivity index (χ1n) is 3.24. The molecule has 0 spiro atoms. The second-order valence-corrected chi connectivity index (χ2v) is 2.45. The molecule has 0 aromatic heterocycles. The fourth-order valence-electron chi connectivity index (χ4n) is 1.03. The summed E-state index contributed by atoms with van der Waals surface area (Å²) in [5, 5.41) is 0. The maximum atomic E-state index is 11.8. The van der Waals surface area contributed by atoms with Gasteiger partial charge in [-0.05, 0) is 6.54 Å². The summed E-state index contributed by atoms with van der Waals surface area (Å²) in [5.41, 5.74) is 0. The van der Waals surface area contributed by atoms with E-state index >= 15 is 0 Å². The Morgan fingerprint density at radius 2 is 2.11 bits per heavy atom. The van der Waals surface area contributed by atoms with Gasteiger partial charge in [-0.15, -0.1) is 0 Å². The number of halogens is 2. The Labute approximate surface area is 53.6 Å². The quantitative estimate of drug-likeness (QED) is 0.550.